The Hall–Kier alpha value is -1.84. The molecule has 4 heteroatoms. The van der Waals surface area contributed by atoms with E-state index in [1.54, 1.807) is 0 Å². The molecule has 0 bridgehead atoms. The summed E-state index contributed by atoms with van der Waals surface area (Å²) in [5, 5.41) is 4.03. The summed E-state index contributed by atoms with van der Waals surface area (Å²) in [5.74, 6) is 1.13. The van der Waals surface area contributed by atoms with Gasteiger partial charge in [0.2, 0.25) is 5.95 Å². The Kier molecular flexibility index (Phi) is 2.67. The topological polar surface area (TPSA) is 63.8 Å². The summed E-state index contributed by atoms with van der Waals surface area (Å²) in [6, 6.07) is 7.73. The minimum absolute atomic E-state index is 0.527. The number of fused-ring (bicyclic) bond motifs is 1. The van der Waals surface area contributed by atoms with Gasteiger partial charge in [0, 0.05) is 11.9 Å². The first kappa shape index (κ1) is 9.71. The third kappa shape index (κ3) is 1.98. The van der Waals surface area contributed by atoms with Crippen molar-refractivity contribution in [1.82, 2.24) is 9.97 Å². The van der Waals surface area contributed by atoms with E-state index in [-0.39, 0.29) is 0 Å². The molecule has 0 aliphatic rings. The predicted octanol–water partition coefficient (Wildman–Crippen LogP) is 2.03. The van der Waals surface area contributed by atoms with E-state index in [4.69, 9.17) is 5.73 Å². The second-order valence-corrected chi connectivity index (χ2v) is 3.38. The van der Waals surface area contributed by atoms with E-state index in [0.29, 0.717) is 11.8 Å². The molecule has 0 aliphatic heterocycles. The summed E-state index contributed by atoms with van der Waals surface area (Å²) in [6.07, 6.45) is 1.04. The lowest BCUT2D eigenvalue weighted by Crippen LogP contribution is -2.06. The Morgan fingerprint density at radius 1 is 1.27 bits per heavy atom. The van der Waals surface area contributed by atoms with Crippen LogP contribution < -0.4 is 11.1 Å². The Morgan fingerprint density at radius 2 is 2.07 bits per heavy atom. The number of hydrogen-bond acceptors (Lipinski definition) is 4. The van der Waals surface area contributed by atoms with E-state index in [1.165, 1.54) is 0 Å². The number of nitrogens with zero attached hydrogens (tertiary/aromatic N) is 2. The fourth-order valence-corrected chi connectivity index (χ4v) is 1.42. The molecule has 2 aromatic rings. The maximum absolute atomic E-state index is 5.84. The molecule has 1 aromatic carbocycles. The summed E-state index contributed by atoms with van der Waals surface area (Å²) in [4.78, 5) is 8.57. The van der Waals surface area contributed by atoms with E-state index >= 15 is 0 Å². The molecule has 3 N–H and O–H groups in total. The Morgan fingerprint density at radius 3 is 2.87 bits per heavy atom. The summed E-state index contributed by atoms with van der Waals surface area (Å²) in [7, 11) is 0. The Bertz CT molecular complexity index is 467. The summed E-state index contributed by atoms with van der Waals surface area (Å²) in [5.41, 5.74) is 6.72. The first-order chi connectivity index (χ1) is 7.31. The van der Waals surface area contributed by atoms with Crippen molar-refractivity contribution in [3.05, 3.63) is 24.3 Å². The van der Waals surface area contributed by atoms with Gasteiger partial charge in [0.15, 0.2) is 0 Å². The molecular formula is C11H14N4. The minimum Gasteiger partial charge on any atom is -0.383 e. The molecule has 1 aromatic heterocycles. The van der Waals surface area contributed by atoms with Gasteiger partial charge in [-0.2, -0.15) is 4.98 Å². The first-order valence-electron chi connectivity index (χ1n) is 5.07. The Labute approximate surface area is 88.5 Å². The molecule has 15 heavy (non-hydrogen) atoms. The third-order valence-electron chi connectivity index (χ3n) is 2.17. The average Bonchev–Trinajstić information content (AvgIpc) is 2.26. The Balaban J connectivity index is 2.43. The third-order valence-corrected chi connectivity index (χ3v) is 2.17. The molecule has 0 amide bonds. The van der Waals surface area contributed by atoms with E-state index in [9.17, 15) is 0 Å². The van der Waals surface area contributed by atoms with Gasteiger partial charge in [-0.1, -0.05) is 19.1 Å². The molecule has 0 atom stereocenters. The zero-order valence-electron chi connectivity index (χ0n) is 8.70. The number of nitrogens with one attached hydrogen (secondary N) is 1. The van der Waals surface area contributed by atoms with Crippen molar-refractivity contribution in [3.8, 4) is 0 Å². The molecule has 0 aliphatic carbocycles. The van der Waals surface area contributed by atoms with Crippen molar-refractivity contribution < 1.29 is 0 Å². The van der Waals surface area contributed by atoms with Gasteiger partial charge >= 0.3 is 0 Å². The van der Waals surface area contributed by atoms with Crippen LogP contribution in [-0.4, -0.2) is 16.5 Å². The van der Waals surface area contributed by atoms with Crippen LogP contribution in [0.15, 0.2) is 24.3 Å². The standard InChI is InChI=1S/C11H14N4/c1-2-7-13-11-14-9-6-4-3-5-8(9)10(12)15-11/h3-6H,2,7H2,1H3,(H3,12,13,14,15). The highest BCUT2D eigenvalue weighted by atomic mass is 15.1. The van der Waals surface area contributed by atoms with Crippen LogP contribution in [0.2, 0.25) is 0 Å². The number of nitrogen functional groups attached to an aromatic ring is 1. The van der Waals surface area contributed by atoms with Crippen LogP contribution in [0, 0.1) is 0 Å². The van der Waals surface area contributed by atoms with Crippen LogP contribution in [0.3, 0.4) is 0 Å². The van der Waals surface area contributed by atoms with Crippen molar-refractivity contribution in [2.24, 2.45) is 0 Å². The molecule has 78 valence electrons. The van der Waals surface area contributed by atoms with Crippen molar-refractivity contribution in [2.45, 2.75) is 13.3 Å². The lowest BCUT2D eigenvalue weighted by atomic mass is 10.2. The minimum atomic E-state index is 0.527. The molecule has 0 radical (unpaired) electrons. The molecule has 0 spiro atoms. The normalized spacial score (nSPS) is 10.5. The zero-order valence-corrected chi connectivity index (χ0v) is 8.70. The number of hydrogen-bond donors (Lipinski definition) is 2. The van der Waals surface area contributed by atoms with Gasteiger partial charge in [-0.05, 0) is 18.6 Å². The van der Waals surface area contributed by atoms with Gasteiger partial charge in [0.1, 0.15) is 5.82 Å². The molecule has 0 saturated carbocycles. The van der Waals surface area contributed by atoms with E-state index < -0.39 is 0 Å². The maximum atomic E-state index is 5.84. The second kappa shape index (κ2) is 4.13. The SMILES string of the molecule is CCCNc1nc(N)c2ccccc2n1. The van der Waals surface area contributed by atoms with E-state index in [2.05, 4.69) is 22.2 Å². The number of para-hydroxylation sites is 1. The average molecular weight is 202 g/mol. The number of aromatic nitrogens is 2. The number of anilines is 2. The molecule has 0 unspecified atom stereocenters. The fourth-order valence-electron chi connectivity index (χ4n) is 1.42. The van der Waals surface area contributed by atoms with E-state index in [1.807, 2.05) is 24.3 Å². The lowest BCUT2D eigenvalue weighted by molar-refractivity contribution is 0.958. The second-order valence-electron chi connectivity index (χ2n) is 3.38. The van der Waals surface area contributed by atoms with Crippen molar-refractivity contribution in [3.63, 3.8) is 0 Å². The molecule has 4 nitrogen and oxygen atoms in total. The maximum Gasteiger partial charge on any atom is 0.225 e. The van der Waals surface area contributed by atoms with Crippen LogP contribution in [0.4, 0.5) is 11.8 Å². The van der Waals surface area contributed by atoms with Gasteiger partial charge in [0.25, 0.3) is 0 Å². The van der Waals surface area contributed by atoms with Crippen LogP contribution in [0.5, 0.6) is 0 Å². The molecule has 2 rings (SSSR count). The predicted molar refractivity (Wildman–Crippen MR) is 62.7 cm³/mol. The van der Waals surface area contributed by atoms with Crippen LogP contribution in [0.25, 0.3) is 10.9 Å². The summed E-state index contributed by atoms with van der Waals surface area (Å²) >= 11 is 0. The smallest absolute Gasteiger partial charge is 0.225 e. The molecule has 1 heterocycles. The first-order valence-corrected chi connectivity index (χ1v) is 5.07. The highest BCUT2D eigenvalue weighted by Gasteiger charge is 2.02. The van der Waals surface area contributed by atoms with Gasteiger partial charge in [-0.15, -0.1) is 0 Å². The molecule has 0 fully saturated rings. The summed E-state index contributed by atoms with van der Waals surface area (Å²) < 4.78 is 0. The molecule has 0 saturated heterocycles. The van der Waals surface area contributed by atoms with Crippen molar-refractivity contribution in [2.75, 3.05) is 17.6 Å². The highest BCUT2D eigenvalue weighted by Crippen LogP contribution is 2.18. The number of rotatable bonds is 3. The molecular weight excluding hydrogens is 188 g/mol. The van der Waals surface area contributed by atoms with Gasteiger partial charge in [-0.3, -0.25) is 0 Å². The van der Waals surface area contributed by atoms with Crippen molar-refractivity contribution in [1.29, 1.82) is 0 Å². The van der Waals surface area contributed by atoms with Gasteiger partial charge in [-0.25, -0.2) is 4.98 Å². The van der Waals surface area contributed by atoms with E-state index in [0.717, 1.165) is 23.9 Å². The fraction of sp³-hybridized carbons (Fsp3) is 0.273. The van der Waals surface area contributed by atoms with Crippen LogP contribution in [0.1, 0.15) is 13.3 Å². The number of nitrogens with two attached hydrogens (primary N) is 1. The highest BCUT2D eigenvalue weighted by molar-refractivity contribution is 5.88. The lowest BCUT2D eigenvalue weighted by Gasteiger charge is -2.06. The van der Waals surface area contributed by atoms with Gasteiger partial charge < -0.3 is 11.1 Å². The summed E-state index contributed by atoms with van der Waals surface area (Å²) in [6.45, 7) is 2.95. The largest absolute Gasteiger partial charge is 0.383 e. The van der Waals surface area contributed by atoms with Crippen molar-refractivity contribution >= 4 is 22.7 Å². The zero-order chi connectivity index (χ0) is 10.7. The van der Waals surface area contributed by atoms with Crippen LogP contribution >= 0.6 is 0 Å². The van der Waals surface area contributed by atoms with Crippen LogP contribution in [-0.2, 0) is 0 Å². The monoisotopic (exact) mass is 202 g/mol. The quantitative estimate of drug-likeness (QED) is 0.799. The number of benzene rings is 1. The van der Waals surface area contributed by atoms with Gasteiger partial charge in [0.05, 0.1) is 5.52 Å².